The summed E-state index contributed by atoms with van der Waals surface area (Å²) in [6.07, 6.45) is 3.14. The molecule has 34 heavy (non-hydrogen) atoms. The van der Waals surface area contributed by atoms with Crippen LogP contribution in [0.3, 0.4) is 0 Å². The third-order valence-electron chi connectivity index (χ3n) is 5.05. The normalized spacial score (nSPS) is 10.3. The standard InChI is InChI=1S/C26H33NO7/c1-4-5-6-15-33-21-10-8-20(9-11-21)22(28)12-14-26(30)34-18-25(29)27-17-19-7-13-23(31-2)24(16-19)32-3/h7-11,13,16H,4-6,12,14-15,17-18H2,1-3H3,(H,27,29). The van der Waals surface area contributed by atoms with Gasteiger partial charge in [-0.25, -0.2) is 0 Å². The number of ether oxygens (including phenoxy) is 4. The van der Waals surface area contributed by atoms with Crippen molar-refractivity contribution in [2.45, 2.75) is 45.6 Å². The molecule has 2 aromatic carbocycles. The topological polar surface area (TPSA) is 100 Å². The lowest BCUT2D eigenvalue weighted by Crippen LogP contribution is -2.28. The molecule has 0 fully saturated rings. The van der Waals surface area contributed by atoms with Gasteiger partial charge in [0.2, 0.25) is 0 Å². The Balaban J connectivity index is 1.67. The van der Waals surface area contributed by atoms with Crippen molar-refractivity contribution in [3.63, 3.8) is 0 Å². The number of rotatable bonds is 15. The van der Waals surface area contributed by atoms with Crippen molar-refractivity contribution in [3.8, 4) is 17.2 Å². The molecule has 0 saturated carbocycles. The number of hydrogen-bond acceptors (Lipinski definition) is 7. The minimum atomic E-state index is -0.606. The molecule has 0 aliphatic rings. The lowest BCUT2D eigenvalue weighted by molar-refractivity contribution is -0.148. The Labute approximate surface area is 200 Å². The van der Waals surface area contributed by atoms with Crippen LogP contribution >= 0.6 is 0 Å². The first-order valence-electron chi connectivity index (χ1n) is 11.4. The van der Waals surface area contributed by atoms with E-state index >= 15 is 0 Å². The number of ketones is 1. The molecule has 0 bridgehead atoms. The average molecular weight is 472 g/mol. The molecule has 0 unspecified atom stereocenters. The van der Waals surface area contributed by atoms with Gasteiger partial charge >= 0.3 is 5.97 Å². The van der Waals surface area contributed by atoms with Gasteiger partial charge in [-0.2, -0.15) is 0 Å². The number of unbranched alkanes of at least 4 members (excludes halogenated alkanes) is 2. The Morgan fingerprint density at radius 2 is 1.62 bits per heavy atom. The number of carbonyl (C=O) groups is 3. The summed E-state index contributed by atoms with van der Waals surface area (Å²) in [6.45, 7) is 2.61. The third-order valence-corrected chi connectivity index (χ3v) is 5.05. The highest BCUT2D eigenvalue weighted by Crippen LogP contribution is 2.27. The maximum absolute atomic E-state index is 12.3. The number of amides is 1. The molecule has 0 aromatic heterocycles. The Bertz CT molecular complexity index is 941. The van der Waals surface area contributed by atoms with Crippen molar-refractivity contribution in [2.24, 2.45) is 0 Å². The fourth-order valence-corrected chi connectivity index (χ4v) is 3.10. The van der Waals surface area contributed by atoms with E-state index < -0.39 is 18.5 Å². The molecule has 0 heterocycles. The average Bonchev–Trinajstić information content (AvgIpc) is 2.87. The zero-order chi connectivity index (χ0) is 24.8. The molecular formula is C26H33NO7. The number of Topliss-reactive ketones (excluding diaryl/α,β-unsaturated/α-hetero) is 1. The lowest BCUT2D eigenvalue weighted by atomic mass is 10.1. The minimum Gasteiger partial charge on any atom is -0.494 e. The molecule has 1 amide bonds. The van der Waals surface area contributed by atoms with Gasteiger partial charge in [-0.15, -0.1) is 0 Å². The van der Waals surface area contributed by atoms with Crippen LogP contribution < -0.4 is 19.5 Å². The first-order valence-corrected chi connectivity index (χ1v) is 11.4. The van der Waals surface area contributed by atoms with Crippen LogP contribution in [0.25, 0.3) is 0 Å². The Hall–Kier alpha value is -3.55. The van der Waals surface area contributed by atoms with Crippen LogP contribution in [-0.4, -0.2) is 45.1 Å². The van der Waals surface area contributed by atoms with Crippen molar-refractivity contribution in [1.82, 2.24) is 5.32 Å². The van der Waals surface area contributed by atoms with E-state index in [0.717, 1.165) is 24.8 Å². The number of methoxy groups -OCH3 is 2. The Kier molecular flexibility index (Phi) is 11.4. The van der Waals surface area contributed by atoms with Crippen LogP contribution in [0.5, 0.6) is 17.2 Å². The summed E-state index contributed by atoms with van der Waals surface area (Å²) in [5, 5.41) is 2.67. The minimum absolute atomic E-state index is 0.00278. The number of esters is 1. The van der Waals surface area contributed by atoms with Gasteiger partial charge in [0.05, 0.1) is 27.2 Å². The second-order valence-electron chi connectivity index (χ2n) is 7.63. The fourth-order valence-electron chi connectivity index (χ4n) is 3.10. The van der Waals surface area contributed by atoms with E-state index in [1.807, 2.05) is 0 Å². The highest BCUT2D eigenvalue weighted by atomic mass is 16.5. The summed E-state index contributed by atoms with van der Waals surface area (Å²) >= 11 is 0. The van der Waals surface area contributed by atoms with Crippen molar-refractivity contribution in [1.29, 1.82) is 0 Å². The van der Waals surface area contributed by atoms with Crippen LogP contribution in [0.1, 0.15) is 54.9 Å². The molecular weight excluding hydrogens is 438 g/mol. The Morgan fingerprint density at radius 3 is 2.29 bits per heavy atom. The van der Waals surface area contributed by atoms with E-state index in [1.165, 1.54) is 7.11 Å². The van der Waals surface area contributed by atoms with Crippen molar-refractivity contribution in [2.75, 3.05) is 27.4 Å². The molecule has 0 radical (unpaired) electrons. The second kappa shape index (κ2) is 14.6. The van der Waals surface area contributed by atoms with Crippen LogP contribution in [-0.2, 0) is 20.9 Å². The predicted octanol–water partition coefficient (Wildman–Crippen LogP) is 4.10. The monoisotopic (exact) mass is 471 g/mol. The molecule has 0 aliphatic carbocycles. The molecule has 0 aliphatic heterocycles. The zero-order valence-electron chi connectivity index (χ0n) is 20.1. The number of carbonyl (C=O) groups excluding carboxylic acids is 3. The van der Waals surface area contributed by atoms with Gasteiger partial charge in [0, 0.05) is 18.5 Å². The number of benzene rings is 2. The summed E-state index contributed by atoms with van der Waals surface area (Å²) in [4.78, 5) is 36.2. The van der Waals surface area contributed by atoms with Crippen molar-refractivity contribution in [3.05, 3.63) is 53.6 Å². The molecule has 0 saturated heterocycles. The number of nitrogens with one attached hydrogen (secondary N) is 1. The summed E-state index contributed by atoms with van der Waals surface area (Å²) in [5.41, 5.74) is 1.31. The summed E-state index contributed by atoms with van der Waals surface area (Å²) in [5.74, 6) is 0.639. The fraction of sp³-hybridized carbons (Fsp3) is 0.423. The van der Waals surface area contributed by atoms with E-state index in [1.54, 1.807) is 49.6 Å². The smallest absolute Gasteiger partial charge is 0.306 e. The third kappa shape index (κ3) is 9.13. The van der Waals surface area contributed by atoms with Gasteiger partial charge < -0.3 is 24.3 Å². The first kappa shape index (κ1) is 26.7. The van der Waals surface area contributed by atoms with Gasteiger partial charge in [0.15, 0.2) is 23.9 Å². The lowest BCUT2D eigenvalue weighted by Gasteiger charge is -2.10. The van der Waals surface area contributed by atoms with E-state index in [4.69, 9.17) is 18.9 Å². The van der Waals surface area contributed by atoms with E-state index in [0.29, 0.717) is 29.4 Å². The Morgan fingerprint density at radius 1 is 0.882 bits per heavy atom. The maximum Gasteiger partial charge on any atom is 0.306 e. The van der Waals surface area contributed by atoms with Gasteiger partial charge in [0.1, 0.15) is 5.75 Å². The van der Waals surface area contributed by atoms with Gasteiger partial charge in [0.25, 0.3) is 5.91 Å². The van der Waals surface area contributed by atoms with E-state index in [2.05, 4.69) is 12.2 Å². The summed E-state index contributed by atoms with van der Waals surface area (Å²) in [6, 6.07) is 12.2. The largest absolute Gasteiger partial charge is 0.494 e. The molecule has 2 rings (SSSR count). The molecule has 0 spiro atoms. The highest BCUT2D eigenvalue weighted by Gasteiger charge is 2.13. The predicted molar refractivity (Wildman–Crippen MR) is 127 cm³/mol. The van der Waals surface area contributed by atoms with Gasteiger partial charge in [-0.3, -0.25) is 14.4 Å². The molecule has 8 nitrogen and oxygen atoms in total. The summed E-state index contributed by atoms with van der Waals surface area (Å²) in [7, 11) is 3.08. The van der Waals surface area contributed by atoms with Crippen LogP contribution in [0.2, 0.25) is 0 Å². The molecule has 8 heteroatoms. The van der Waals surface area contributed by atoms with Crippen molar-refractivity contribution < 1.29 is 33.3 Å². The zero-order valence-corrected chi connectivity index (χ0v) is 20.1. The maximum atomic E-state index is 12.3. The molecule has 0 atom stereocenters. The highest BCUT2D eigenvalue weighted by molar-refractivity contribution is 5.97. The molecule has 184 valence electrons. The van der Waals surface area contributed by atoms with Crippen LogP contribution in [0.15, 0.2) is 42.5 Å². The number of hydrogen-bond donors (Lipinski definition) is 1. The van der Waals surface area contributed by atoms with Gasteiger partial charge in [-0.05, 0) is 48.4 Å². The molecule has 2 aromatic rings. The summed E-state index contributed by atoms with van der Waals surface area (Å²) < 4.78 is 21.0. The second-order valence-corrected chi connectivity index (χ2v) is 7.63. The molecule has 1 N–H and O–H groups in total. The van der Waals surface area contributed by atoms with Gasteiger partial charge in [-0.1, -0.05) is 25.8 Å². The quantitative estimate of drug-likeness (QED) is 0.237. The SMILES string of the molecule is CCCCCOc1ccc(C(=O)CCC(=O)OCC(=O)NCc2ccc(OC)c(OC)c2)cc1. The first-order chi connectivity index (χ1) is 16.5. The van der Waals surface area contributed by atoms with Crippen LogP contribution in [0, 0.1) is 0 Å². The van der Waals surface area contributed by atoms with E-state index in [-0.39, 0.29) is 25.2 Å². The van der Waals surface area contributed by atoms with Crippen molar-refractivity contribution >= 4 is 17.7 Å². The van der Waals surface area contributed by atoms with Crippen LogP contribution in [0.4, 0.5) is 0 Å². The van der Waals surface area contributed by atoms with E-state index in [9.17, 15) is 14.4 Å².